The number of nitrogens with zero attached hydrogens (tertiary/aromatic N) is 1. The number of carboxylic acids is 1. The van der Waals surface area contributed by atoms with Crippen LogP contribution in [-0.2, 0) is 4.79 Å². The molecule has 0 spiro atoms. The third-order valence-electron chi connectivity index (χ3n) is 3.16. The number of fused-ring (bicyclic) bond motifs is 1. The third kappa shape index (κ3) is 1.97. The summed E-state index contributed by atoms with van der Waals surface area (Å²) in [6.45, 7) is 0. The Labute approximate surface area is 109 Å². The van der Waals surface area contributed by atoms with E-state index in [1.54, 1.807) is 30.6 Å². The summed E-state index contributed by atoms with van der Waals surface area (Å²) in [7, 11) is 0. The van der Waals surface area contributed by atoms with Crippen molar-refractivity contribution in [1.82, 2.24) is 9.97 Å². The molecule has 0 saturated heterocycles. The first-order chi connectivity index (χ1) is 9.27. The van der Waals surface area contributed by atoms with E-state index in [1.807, 2.05) is 24.3 Å². The van der Waals surface area contributed by atoms with Gasteiger partial charge in [-0.05, 0) is 23.8 Å². The Morgan fingerprint density at radius 1 is 1.16 bits per heavy atom. The first kappa shape index (κ1) is 11.5. The molecule has 19 heavy (non-hydrogen) atoms. The van der Waals surface area contributed by atoms with Gasteiger partial charge in [-0.2, -0.15) is 0 Å². The lowest BCUT2D eigenvalue weighted by atomic mass is 9.95. The molecule has 4 heteroatoms. The Kier molecular flexibility index (Phi) is 2.76. The van der Waals surface area contributed by atoms with Crippen LogP contribution in [0.5, 0.6) is 0 Å². The maximum Gasteiger partial charge on any atom is 0.317 e. The van der Waals surface area contributed by atoms with E-state index in [-0.39, 0.29) is 0 Å². The second-order valence-electron chi connectivity index (χ2n) is 4.32. The number of para-hydroxylation sites is 1. The number of H-pyrrole nitrogens is 1. The maximum absolute atomic E-state index is 11.6. The fourth-order valence-corrected chi connectivity index (χ4v) is 2.30. The van der Waals surface area contributed by atoms with Gasteiger partial charge in [-0.1, -0.05) is 24.3 Å². The molecule has 2 heterocycles. The fourth-order valence-electron chi connectivity index (χ4n) is 2.30. The summed E-state index contributed by atoms with van der Waals surface area (Å²) in [5.41, 5.74) is 2.21. The number of carboxylic acid groups (broad SMARTS) is 1. The van der Waals surface area contributed by atoms with Gasteiger partial charge in [0.15, 0.2) is 0 Å². The molecular formula is C15H12N2O2. The van der Waals surface area contributed by atoms with Gasteiger partial charge in [0.1, 0.15) is 5.92 Å². The van der Waals surface area contributed by atoms with Crippen molar-refractivity contribution < 1.29 is 9.90 Å². The molecule has 0 aliphatic heterocycles. The van der Waals surface area contributed by atoms with Crippen LogP contribution >= 0.6 is 0 Å². The van der Waals surface area contributed by atoms with Crippen LogP contribution in [0.2, 0.25) is 0 Å². The molecule has 1 aromatic carbocycles. The summed E-state index contributed by atoms with van der Waals surface area (Å²) in [4.78, 5) is 18.9. The van der Waals surface area contributed by atoms with Crippen LogP contribution in [0.4, 0.5) is 0 Å². The highest BCUT2D eigenvalue weighted by molar-refractivity contribution is 5.91. The first-order valence-electron chi connectivity index (χ1n) is 5.97. The molecule has 0 fully saturated rings. The highest BCUT2D eigenvalue weighted by atomic mass is 16.4. The van der Waals surface area contributed by atoms with Gasteiger partial charge in [0.2, 0.25) is 0 Å². The Balaban J connectivity index is 2.18. The summed E-state index contributed by atoms with van der Waals surface area (Å²) in [5, 5.41) is 10.4. The van der Waals surface area contributed by atoms with Crippen LogP contribution in [0, 0.1) is 0 Å². The van der Waals surface area contributed by atoms with Crippen molar-refractivity contribution in [2.24, 2.45) is 0 Å². The van der Waals surface area contributed by atoms with Crippen molar-refractivity contribution in [1.29, 1.82) is 0 Å². The lowest BCUT2D eigenvalue weighted by Gasteiger charge is -2.10. The van der Waals surface area contributed by atoms with Crippen molar-refractivity contribution in [2.75, 3.05) is 0 Å². The molecule has 1 unspecified atom stereocenters. The predicted molar refractivity (Wildman–Crippen MR) is 72.0 cm³/mol. The van der Waals surface area contributed by atoms with Gasteiger partial charge in [0.05, 0.1) is 5.69 Å². The van der Waals surface area contributed by atoms with Crippen LogP contribution in [0.25, 0.3) is 10.9 Å². The van der Waals surface area contributed by atoms with Gasteiger partial charge >= 0.3 is 5.97 Å². The standard InChI is InChI=1S/C15H12N2O2/c18-15(19)14(13-7-3-4-8-16-13)11-9-17-12-6-2-1-5-10(11)12/h1-9,14,17H,(H,18,19). The lowest BCUT2D eigenvalue weighted by Crippen LogP contribution is -2.14. The monoisotopic (exact) mass is 252 g/mol. The molecule has 4 nitrogen and oxygen atoms in total. The van der Waals surface area contributed by atoms with Gasteiger partial charge in [0, 0.05) is 23.3 Å². The molecule has 0 aliphatic carbocycles. The predicted octanol–water partition coefficient (Wildman–Crippen LogP) is 2.78. The number of hydrogen-bond acceptors (Lipinski definition) is 2. The molecule has 0 radical (unpaired) electrons. The largest absolute Gasteiger partial charge is 0.480 e. The van der Waals surface area contributed by atoms with Gasteiger partial charge in [0.25, 0.3) is 0 Å². The summed E-state index contributed by atoms with van der Waals surface area (Å²) in [6, 6.07) is 13.0. The number of aromatic amines is 1. The van der Waals surface area contributed by atoms with Crippen molar-refractivity contribution in [2.45, 2.75) is 5.92 Å². The molecule has 2 N–H and O–H groups in total. The highest BCUT2D eigenvalue weighted by Crippen LogP contribution is 2.29. The summed E-state index contributed by atoms with van der Waals surface area (Å²) < 4.78 is 0. The van der Waals surface area contributed by atoms with Crippen LogP contribution in [0.1, 0.15) is 17.2 Å². The second-order valence-corrected chi connectivity index (χ2v) is 4.32. The Morgan fingerprint density at radius 2 is 1.95 bits per heavy atom. The van der Waals surface area contributed by atoms with Crippen molar-refractivity contribution >= 4 is 16.9 Å². The van der Waals surface area contributed by atoms with Crippen LogP contribution < -0.4 is 0 Å². The van der Waals surface area contributed by atoms with Crippen molar-refractivity contribution in [3.8, 4) is 0 Å². The lowest BCUT2D eigenvalue weighted by molar-refractivity contribution is -0.137. The van der Waals surface area contributed by atoms with Gasteiger partial charge < -0.3 is 10.1 Å². The molecule has 0 amide bonds. The second kappa shape index (κ2) is 4.57. The number of hydrogen-bond donors (Lipinski definition) is 2. The zero-order chi connectivity index (χ0) is 13.2. The molecule has 1 atom stereocenters. The zero-order valence-electron chi connectivity index (χ0n) is 10.1. The number of pyridine rings is 1. The normalized spacial score (nSPS) is 12.4. The van der Waals surface area contributed by atoms with E-state index in [4.69, 9.17) is 0 Å². The highest BCUT2D eigenvalue weighted by Gasteiger charge is 2.25. The summed E-state index contributed by atoms with van der Waals surface area (Å²) >= 11 is 0. The van der Waals surface area contributed by atoms with E-state index in [9.17, 15) is 9.90 Å². The number of aliphatic carboxylic acids is 1. The average Bonchev–Trinajstić information content (AvgIpc) is 2.84. The number of aromatic nitrogens is 2. The number of carbonyl (C=O) groups is 1. The Bertz CT molecular complexity index is 719. The number of benzene rings is 1. The van der Waals surface area contributed by atoms with E-state index in [0.29, 0.717) is 5.69 Å². The fraction of sp³-hybridized carbons (Fsp3) is 0.0667. The van der Waals surface area contributed by atoms with Gasteiger partial charge in [-0.15, -0.1) is 0 Å². The average molecular weight is 252 g/mol. The van der Waals surface area contributed by atoms with E-state index in [0.717, 1.165) is 16.5 Å². The van der Waals surface area contributed by atoms with Gasteiger partial charge in [-0.25, -0.2) is 0 Å². The van der Waals surface area contributed by atoms with Crippen molar-refractivity contribution in [3.05, 3.63) is 66.1 Å². The summed E-state index contributed by atoms with van der Waals surface area (Å²) in [6.07, 6.45) is 3.36. The van der Waals surface area contributed by atoms with Crippen LogP contribution in [0.15, 0.2) is 54.9 Å². The SMILES string of the molecule is O=C(O)C(c1ccccn1)c1c[nH]c2ccccc12. The molecule has 0 aliphatic rings. The van der Waals surface area contributed by atoms with Crippen LogP contribution in [0.3, 0.4) is 0 Å². The minimum atomic E-state index is -0.900. The molecule has 0 saturated carbocycles. The Hall–Kier alpha value is -2.62. The van der Waals surface area contributed by atoms with E-state index < -0.39 is 11.9 Å². The molecule has 3 rings (SSSR count). The number of nitrogens with one attached hydrogen (secondary N) is 1. The molecule has 94 valence electrons. The minimum Gasteiger partial charge on any atom is -0.480 e. The van der Waals surface area contributed by atoms with Crippen LogP contribution in [-0.4, -0.2) is 21.0 Å². The van der Waals surface area contributed by atoms with E-state index >= 15 is 0 Å². The van der Waals surface area contributed by atoms with E-state index in [2.05, 4.69) is 9.97 Å². The van der Waals surface area contributed by atoms with E-state index in [1.165, 1.54) is 0 Å². The molecule has 0 bridgehead atoms. The molecule has 2 aromatic heterocycles. The quantitative estimate of drug-likeness (QED) is 0.753. The number of rotatable bonds is 3. The Morgan fingerprint density at radius 3 is 2.68 bits per heavy atom. The maximum atomic E-state index is 11.6. The topological polar surface area (TPSA) is 66.0 Å². The van der Waals surface area contributed by atoms with Gasteiger partial charge in [-0.3, -0.25) is 9.78 Å². The van der Waals surface area contributed by atoms with Crippen molar-refractivity contribution in [3.63, 3.8) is 0 Å². The molecular weight excluding hydrogens is 240 g/mol. The third-order valence-corrected chi connectivity index (χ3v) is 3.16. The molecule has 3 aromatic rings. The zero-order valence-corrected chi connectivity index (χ0v) is 10.1. The smallest absolute Gasteiger partial charge is 0.317 e. The summed E-state index contributed by atoms with van der Waals surface area (Å²) in [5.74, 6) is -1.65. The minimum absolute atomic E-state index is 0.541. The first-order valence-corrected chi connectivity index (χ1v) is 5.97.